The fraction of sp³-hybridized carbons (Fsp3) is 0.684. The van der Waals surface area contributed by atoms with Crippen LogP contribution in [0.2, 0.25) is 0 Å². The monoisotopic (exact) mass is 481 g/mol. The molecular formula is C19H31NO5S4. The molecule has 10 heteroatoms. The van der Waals surface area contributed by atoms with Crippen molar-refractivity contribution in [3.63, 3.8) is 0 Å². The minimum atomic E-state index is -0.999. The lowest BCUT2D eigenvalue weighted by Crippen LogP contribution is -2.35. The number of thiophene rings is 1. The maximum atomic E-state index is 13.0. The molecule has 3 atom stereocenters. The number of aliphatic hydroxyl groups excluding tert-OH is 2. The number of hydrogen-bond donors (Lipinski definition) is 3. The molecule has 6 nitrogen and oxygen atoms in total. The summed E-state index contributed by atoms with van der Waals surface area (Å²) in [6.45, 7) is 0.558. The van der Waals surface area contributed by atoms with Crippen molar-refractivity contribution in [1.82, 2.24) is 0 Å². The number of aliphatic hydroxyl groups is 2. The first-order valence-electron chi connectivity index (χ1n) is 9.38. The second-order valence-corrected chi connectivity index (χ2v) is 11.0. The zero-order chi connectivity index (χ0) is 21.6. The standard InChI is InChI=1S/C19H31NO5S4/c1-13(19(24)25-17(8-21)9-22)18(23)15(7-14-3-6-27-10-14)11-28-29-12-16(20)4-5-26-2/h3,6,10,13,15-17,21-22H,4-5,7-9,11-12,20H2,1-2H3. The molecule has 0 aliphatic heterocycles. The number of ether oxygens (including phenoxy) is 1. The van der Waals surface area contributed by atoms with Gasteiger partial charge in [0.2, 0.25) is 0 Å². The van der Waals surface area contributed by atoms with Gasteiger partial charge in [0, 0.05) is 23.5 Å². The Kier molecular flexibility index (Phi) is 14.4. The van der Waals surface area contributed by atoms with E-state index in [0.29, 0.717) is 12.2 Å². The molecule has 0 radical (unpaired) electrons. The number of thioether (sulfide) groups is 1. The van der Waals surface area contributed by atoms with E-state index in [-0.39, 0.29) is 17.7 Å². The number of Topliss-reactive ketones (excluding diaryl/α,β-unsaturated/α-hetero) is 1. The van der Waals surface area contributed by atoms with Crippen LogP contribution in [0.15, 0.2) is 16.8 Å². The number of esters is 1. The van der Waals surface area contributed by atoms with Gasteiger partial charge in [-0.1, -0.05) is 21.6 Å². The topological polar surface area (TPSA) is 110 Å². The van der Waals surface area contributed by atoms with Crippen LogP contribution in [0.5, 0.6) is 0 Å². The summed E-state index contributed by atoms with van der Waals surface area (Å²) in [4.78, 5) is 25.2. The van der Waals surface area contributed by atoms with Crippen molar-refractivity contribution in [2.45, 2.75) is 31.9 Å². The molecule has 3 unspecified atom stereocenters. The van der Waals surface area contributed by atoms with E-state index in [2.05, 4.69) is 6.26 Å². The average molecular weight is 482 g/mol. The molecule has 166 valence electrons. The van der Waals surface area contributed by atoms with E-state index in [0.717, 1.165) is 23.5 Å². The van der Waals surface area contributed by atoms with Gasteiger partial charge >= 0.3 is 5.97 Å². The Morgan fingerprint density at radius 2 is 1.93 bits per heavy atom. The molecule has 1 rings (SSSR count). The van der Waals surface area contributed by atoms with E-state index in [1.54, 1.807) is 44.7 Å². The van der Waals surface area contributed by atoms with Gasteiger partial charge in [0.25, 0.3) is 0 Å². The van der Waals surface area contributed by atoms with Gasteiger partial charge in [0.15, 0.2) is 5.78 Å². The van der Waals surface area contributed by atoms with Crippen LogP contribution in [0.3, 0.4) is 0 Å². The Morgan fingerprint density at radius 1 is 1.24 bits per heavy atom. The molecule has 0 fully saturated rings. The smallest absolute Gasteiger partial charge is 0.316 e. The third kappa shape index (κ3) is 10.6. The summed E-state index contributed by atoms with van der Waals surface area (Å²) in [6.07, 6.45) is 2.59. The lowest BCUT2D eigenvalue weighted by molar-refractivity contribution is -0.160. The summed E-state index contributed by atoms with van der Waals surface area (Å²) in [7, 11) is 3.26. The van der Waals surface area contributed by atoms with Crippen molar-refractivity contribution in [2.75, 3.05) is 36.7 Å². The number of rotatable bonds is 16. The molecule has 1 aromatic heterocycles. The van der Waals surface area contributed by atoms with Crippen molar-refractivity contribution in [3.8, 4) is 0 Å². The van der Waals surface area contributed by atoms with Gasteiger partial charge in [-0.15, -0.1) is 0 Å². The third-order valence-corrected chi connectivity index (χ3v) is 8.22. The van der Waals surface area contributed by atoms with E-state index in [4.69, 9.17) is 20.7 Å². The maximum Gasteiger partial charge on any atom is 0.316 e. The fourth-order valence-corrected chi connectivity index (χ4v) is 6.22. The summed E-state index contributed by atoms with van der Waals surface area (Å²) in [5, 5.41) is 22.1. The lowest BCUT2D eigenvalue weighted by atomic mass is 9.91. The lowest BCUT2D eigenvalue weighted by Gasteiger charge is -2.21. The molecule has 0 spiro atoms. The van der Waals surface area contributed by atoms with Gasteiger partial charge in [0.1, 0.15) is 12.0 Å². The first-order valence-corrected chi connectivity index (χ1v) is 14.2. The molecule has 0 amide bonds. The zero-order valence-electron chi connectivity index (χ0n) is 16.8. The molecule has 0 saturated carbocycles. The quantitative estimate of drug-likeness (QED) is 0.142. The highest BCUT2D eigenvalue weighted by atomic mass is 33.1. The van der Waals surface area contributed by atoms with Crippen LogP contribution in [0.4, 0.5) is 0 Å². The van der Waals surface area contributed by atoms with E-state index in [9.17, 15) is 9.59 Å². The molecule has 29 heavy (non-hydrogen) atoms. The Hall–Kier alpha value is -0.230. The summed E-state index contributed by atoms with van der Waals surface area (Å²) < 4.78 is 5.02. The molecule has 4 N–H and O–H groups in total. The first kappa shape index (κ1) is 26.8. The maximum absolute atomic E-state index is 13.0. The molecule has 1 aromatic rings. The third-order valence-electron chi connectivity index (χ3n) is 4.26. The van der Waals surface area contributed by atoms with Gasteiger partial charge in [-0.3, -0.25) is 9.59 Å². The fourth-order valence-electron chi connectivity index (χ4n) is 2.42. The Morgan fingerprint density at radius 3 is 2.52 bits per heavy atom. The second-order valence-electron chi connectivity index (χ2n) is 6.69. The van der Waals surface area contributed by atoms with Crippen LogP contribution in [0.25, 0.3) is 0 Å². The molecule has 0 aliphatic carbocycles. The van der Waals surface area contributed by atoms with Gasteiger partial charge < -0.3 is 20.7 Å². The van der Waals surface area contributed by atoms with Gasteiger partial charge in [0.05, 0.1) is 13.2 Å². The number of nitrogens with two attached hydrogens (primary N) is 1. The molecular weight excluding hydrogens is 450 g/mol. The van der Waals surface area contributed by atoms with Crippen LogP contribution >= 0.6 is 44.7 Å². The van der Waals surface area contributed by atoms with Gasteiger partial charge in [-0.05, 0) is 54.2 Å². The van der Waals surface area contributed by atoms with E-state index < -0.39 is 31.2 Å². The predicted octanol–water partition coefficient (Wildman–Crippen LogP) is 2.47. The molecule has 0 saturated heterocycles. The summed E-state index contributed by atoms with van der Waals surface area (Å²) in [5.41, 5.74) is 7.16. The van der Waals surface area contributed by atoms with E-state index >= 15 is 0 Å². The number of ketones is 1. The molecule has 0 bridgehead atoms. The van der Waals surface area contributed by atoms with E-state index in [1.807, 2.05) is 16.8 Å². The van der Waals surface area contributed by atoms with Crippen molar-refractivity contribution < 1.29 is 24.5 Å². The minimum Gasteiger partial charge on any atom is -0.457 e. The zero-order valence-corrected chi connectivity index (χ0v) is 20.1. The number of carbonyl (C=O) groups is 2. The van der Waals surface area contributed by atoms with Crippen LogP contribution in [-0.2, 0) is 20.7 Å². The highest BCUT2D eigenvalue weighted by Crippen LogP contribution is 2.29. The summed E-state index contributed by atoms with van der Waals surface area (Å²) in [5.74, 6) is 0.258. The molecule has 1 heterocycles. The highest BCUT2D eigenvalue weighted by molar-refractivity contribution is 8.76. The van der Waals surface area contributed by atoms with Gasteiger partial charge in [-0.25, -0.2) is 0 Å². The van der Waals surface area contributed by atoms with Crippen molar-refractivity contribution >= 4 is 56.4 Å². The van der Waals surface area contributed by atoms with Gasteiger partial charge in [-0.2, -0.15) is 23.1 Å². The first-order chi connectivity index (χ1) is 13.9. The summed E-state index contributed by atoms with van der Waals surface area (Å²) in [6, 6.07) is 2.12. The largest absolute Gasteiger partial charge is 0.457 e. The van der Waals surface area contributed by atoms with Crippen LogP contribution in [-0.4, -0.2) is 70.8 Å². The average Bonchev–Trinajstić information content (AvgIpc) is 3.24. The summed E-state index contributed by atoms with van der Waals surface area (Å²) >= 11 is 3.35. The van der Waals surface area contributed by atoms with Crippen molar-refractivity contribution in [2.24, 2.45) is 17.6 Å². The Labute approximate surface area is 189 Å². The van der Waals surface area contributed by atoms with Crippen molar-refractivity contribution in [1.29, 1.82) is 0 Å². The van der Waals surface area contributed by atoms with Crippen LogP contribution in [0, 0.1) is 11.8 Å². The Bertz CT molecular complexity index is 583. The minimum absolute atomic E-state index is 0.133. The number of carbonyl (C=O) groups excluding carboxylic acids is 2. The Balaban J connectivity index is 2.63. The second kappa shape index (κ2) is 15.6. The van der Waals surface area contributed by atoms with Crippen LogP contribution in [0.1, 0.15) is 18.9 Å². The van der Waals surface area contributed by atoms with Crippen LogP contribution < -0.4 is 5.73 Å². The predicted molar refractivity (Wildman–Crippen MR) is 126 cm³/mol. The van der Waals surface area contributed by atoms with Crippen molar-refractivity contribution in [3.05, 3.63) is 22.4 Å². The number of hydrogen-bond acceptors (Lipinski definition) is 10. The highest BCUT2D eigenvalue weighted by Gasteiger charge is 2.31. The van der Waals surface area contributed by atoms with E-state index in [1.165, 1.54) is 6.92 Å². The normalized spacial score (nSPS) is 14.6. The molecule has 0 aromatic carbocycles. The SMILES string of the molecule is CSCCC(N)CSSCC(Cc1ccsc1)C(=O)C(C)C(=O)OC(CO)CO. The molecule has 0 aliphatic rings.